The van der Waals surface area contributed by atoms with Gasteiger partial charge in [-0.05, 0) is 36.5 Å². The molecule has 3 aromatic rings. The predicted octanol–water partition coefficient (Wildman–Crippen LogP) is 5.36. The number of nitrogens with zero attached hydrogens (tertiary/aromatic N) is 2. The molecule has 0 aliphatic rings. The Morgan fingerprint density at radius 3 is 2.54 bits per heavy atom. The highest BCUT2D eigenvalue weighted by atomic mass is 16.5. The fourth-order valence-corrected chi connectivity index (χ4v) is 2.74. The van der Waals surface area contributed by atoms with Crippen molar-refractivity contribution in [3.05, 3.63) is 60.7 Å². The van der Waals surface area contributed by atoms with Crippen molar-refractivity contribution in [2.75, 3.05) is 6.61 Å². The summed E-state index contributed by atoms with van der Waals surface area (Å²) in [5.41, 5.74) is 3.24. The lowest BCUT2D eigenvalue weighted by Crippen LogP contribution is -2.00. The smallest absolute Gasteiger partial charge is 0.214 e. The summed E-state index contributed by atoms with van der Waals surface area (Å²) < 4.78 is 5.86. The van der Waals surface area contributed by atoms with Crippen molar-refractivity contribution in [1.29, 1.82) is 5.26 Å². The average molecular weight is 316 g/mol. The molecule has 0 N–H and O–H groups in total. The zero-order chi connectivity index (χ0) is 16.6. The number of ether oxygens (including phenoxy) is 1. The fraction of sp³-hybridized carbons (Fsp3) is 0.238. The van der Waals surface area contributed by atoms with Crippen LogP contribution in [0.1, 0.15) is 25.7 Å². The number of fused-ring (bicyclic) bond motifs is 1. The van der Waals surface area contributed by atoms with E-state index in [4.69, 9.17) is 10.00 Å². The Labute approximate surface area is 142 Å². The van der Waals surface area contributed by atoms with Crippen molar-refractivity contribution in [1.82, 2.24) is 4.98 Å². The second-order valence-electron chi connectivity index (χ2n) is 5.71. The minimum absolute atomic E-state index is 0.617. The highest BCUT2D eigenvalue weighted by molar-refractivity contribution is 5.95. The lowest BCUT2D eigenvalue weighted by molar-refractivity contribution is 0.295. The van der Waals surface area contributed by atoms with E-state index in [0.29, 0.717) is 18.9 Å². The molecule has 0 unspecified atom stereocenters. The standard InChI is InChI=1S/C21H20N2O/c22-14-8-1-2-9-15-24-21-16-19(17-10-4-3-5-11-17)18-12-6-7-13-20(18)23-21/h3-7,10-13,16H,1-2,8-9,15H2. The van der Waals surface area contributed by atoms with E-state index in [2.05, 4.69) is 29.3 Å². The molecule has 0 aliphatic carbocycles. The molecule has 2 aromatic carbocycles. The summed E-state index contributed by atoms with van der Waals surface area (Å²) >= 11 is 0. The third-order valence-electron chi connectivity index (χ3n) is 3.96. The summed E-state index contributed by atoms with van der Waals surface area (Å²) in [6, 6.07) is 22.6. The molecule has 0 radical (unpaired) electrons. The van der Waals surface area contributed by atoms with Crippen LogP contribution in [-0.4, -0.2) is 11.6 Å². The molecule has 3 nitrogen and oxygen atoms in total. The van der Waals surface area contributed by atoms with Crippen molar-refractivity contribution in [3.8, 4) is 23.1 Å². The number of aromatic nitrogens is 1. The number of hydrogen-bond donors (Lipinski definition) is 0. The maximum absolute atomic E-state index is 8.55. The Hall–Kier alpha value is -2.86. The number of hydrogen-bond acceptors (Lipinski definition) is 3. The summed E-state index contributed by atoms with van der Waals surface area (Å²) in [7, 11) is 0. The van der Waals surface area contributed by atoms with Crippen LogP contribution in [0.15, 0.2) is 60.7 Å². The van der Waals surface area contributed by atoms with Crippen molar-refractivity contribution in [3.63, 3.8) is 0 Å². The van der Waals surface area contributed by atoms with Crippen LogP contribution in [0, 0.1) is 11.3 Å². The van der Waals surface area contributed by atoms with Gasteiger partial charge in [0.05, 0.1) is 18.2 Å². The Morgan fingerprint density at radius 1 is 0.917 bits per heavy atom. The van der Waals surface area contributed by atoms with Gasteiger partial charge in [-0.2, -0.15) is 5.26 Å². The van der Waals surface area contributed by atoms with Gasteiger partial charge in [-0.3, -0.25) is 0 Å². The maximum Gasteiger partial charge on any atom is 0.214 e. The normalized spacial score (nSPS) is 10.5. The predicted molar refractivity (Wildman–Crippen MR) is 96.8 cm³/mol. The number of rotatable bonds is 7. The Kier molecular flexibility index (Phi) is 5.42. The molecule has 1 aromatic heterocycles. The summed E-state index contributed by atoms with van der Waals surface area (Å²) in [6.45, 7) is 0.630. The summed E-state index contributed by atoms with van der Waals surface area (Å²) in [5, 5.41) is 9.68. The molecular weight excluding hydrogens is 296 g/mol. The van der Waals surface area contributed by atoms with E-state index in [1.807, 2.05) is 42.5 Å². The molecule has 0 amide bonds. The molecule has 0 saturated heterocycles. The first-order chi connectivity index (χ1) is 11.9. The zero-order valence-corrected chi connectivity index (χ0v) is 13.6. The Balaban J connectivity index is 1.81. The second-order valence-corrected chi connectivity index (χ2v) is 5.71. The van der Waals surface area contributed by atoms with Gasteiger partial charge in [0.15, 0.2) is 0 Å². The first-order valence-corrected chi connectivity index (χ1v) is 8.33. The van der Waals surface area contributed by atoms with Crippen molar-refractivity contribution in [2.24, 2.45) is 0 Å². The third kappa shape index (κ3) is 3.91. The monoisotopic (exact) mass is 316 g/mol. The first kappa shape index (κ1) is 16.0. The molecule has 0 aliphatic heterocycles. The van der Waals surface area contributed by atoms with Gasteiger partial charge >= 0.3 is 0 Å². The van der Waals surface area contributed by atoms with Crippen molar-refractivity contribution >= 4 is 10.9 Å². The average Bonchev–Trinajstić information content (AvgIpc) is 2.64. The van der Waals surface area contributed by atoms with Gasteiger partial charge in [-0.15, -0.1) is 0 Å². The van der Waals surface area contributed by atoms with E-state index in [1.165, 1.54) is 0 Å². The van der Waals surface area contributed by atoms with Gasteiger partial charge in [0.1, 0.15) is 0 Å². The molecule has 0 saturated carbocycles. The fourth-order valence-electron chi connectivity index (χ4n) is 2.74. The Morgan fingerprint density at radius 2 is 1.71 bits per heavy atom. The van der Waals surface area contributed by atoms with Crippen LogP contribution in [0.2, 0.25) is 0 Å². The molecule has 0 fully saturated rings. The molecule has 3 rings (SSSR count). The van der Waals surface area contributed by atoms with E-state index >= 15 is 0 Å². The van der Waals surface area contributed by atoms with Crippen molar-refractivity contribution in [2.45, 2.75) is 25.7 Å². The van der Waals surface area contributed by atoms with Gasteiger partial charge in [-0.25, -0.2) is 4.98 Å². The van der Waals surface area contributed by atoms with Crippen LogP contribution < -0.4 is 4.74 Å². The van der Waals surface area contributed by atoms with Gasteiger partial charge < -0.3 is 4.74 Å². The van der Waals surface area contributed by atoms with E-state index in [9.17, 15) is 0 Å². The summed E-state index contributed by atoms with van der Waals surface area (Å²) in [4.78, 5) is 4.62. The SMILES string of the molecule is N#CCCCCCOc1cc(-c2ccccc2)c2ccccc2n1. The zero-order valence-electron chi connectivity index (χ0n) is 13.6. The van der Waals surface area contributed by atoms with Crippen LogP contribution in [0.5, 0.6) is 5.88 Å². The molecule has 120 valence electrons. The molecular formula is C21H20N2O. The maximum atomic E-state index is 8.55. The topological polar surface area (TPSA) is 45.9 Å². The highest BCUT2D eigenvalue weighted by Crippen LogP contribution is 2.30. The minimum Gasteiger partial charge on any atom is -0.478 e. The van der Waals surface area contributed by atoms with Crippen LogP contribution in [-0.2, 0) is 0 Å². The third-order valence-corrected chi connectivity index (χ3v) is 3.96. The van der Waals surface area contributed by atoms with Gasteiger partial charge in [0.2, 0.25) is 5.88 Å². The van der Waals surface area contributed by atoms with E-state index < -0.39 is 0 Å². The lowest BCUT2D eigenvalue weighted by Gasteiger charge is -2.11. The van der Waals surface area contributed by atoms with E-state index in [1.54, 1.807) is 0 Å². The highest BCUT2D eigenvalue weighted by Gasteiger charge is 2.08. The van der Waals surface area contributed by atoms with E-state index in [0.717, 1.165) is 41.3 Å². The van der Waals surface area contributed by atoms with Gasteiger partial charge in [-0.1, -0.05) is 48.5 Å². The first-order valence-electron chi connectivity index (χ1n) is 8.33. The molecule has 3 heteroatoms. The molecule has 24 heavy (non-hydrogen) atoms. The largest absolute Gasteiger partial charge is 0.478 e. The number of benzene rings is 2. The van der Waals surface area contributed by atoms with Gasteiger partial charge in [0, 0.05) is 17.9 Å². The number of para-hydroxylation sites is 1. The lowest BCUT2D eigenvalue weighted by atomic mass is 10.0. The molecule has 0 spiro atoms. The number of nitriles is 1. The summed E-state index contributed by atoms with van der Waals surface area (Å²) in [6.07, 6.45) is 3.50. The van der Waals surface area contributed by atoms with Gasteiger partial charge in [0.25, 0.3) is 0 Å². The Bertz CT molecular complexity index is 837. The van der Waals surface area contributed by atoms with Crippen LogP contribution in [0.3, 0.4) is 0 Å². The van der Waals surface area contributed by atoms with Crippen molar-refractivity contribution < 1.29 is 4.74 Å². The van der Waals surface area contributed by atoms with Crippen LogP contribution in [0.25, 0.3) is 22.0 Å². The second kappa shape index (κ2) is 8.12. The van der Waals surface area contributed by atoms with Crippen LogP contribution >= 0.6 is 0 Å². The quantitative estimate of drug-likeness (QED) is 0.551. The number of pyridine rings is 1. The van der Waals surface area contributed by atoms with E-state index in [-0.39, 0.29) is 0 Å². The minimum atomic E-state index is 0.617. The molecule has 0 bridgehead atoms. The molecule has 0 atom stereocenters. The summed E-state index contributed by atoms with van der Waals surface area (Å²) in [5.74, 6) is 0.660. The van der Waals surface area contributed by atoms with Crippen LogP contribution in [0.4, 0.5) is 0 Å². The molecule has 1 heterocycles. The number of unbranched alkanes of at least 4 members (excludes halogenated alkanes) is 3.